The van der Waals surface area contributed by atoms with Crippen LogP contribution in [0.2, 0.25) is 0 Å². The summed E-state index contributed by atoms with van der Waals surface area (Å²) in [5.41, 5.74) is 12.2. The molecule has 0 saturated heterocycles. The molecule has 1 aliphatic rings. The predicted octanol–water partition coefficient (Wildman–Crippen LogP) is 10.5. The second kappa shape index (κ2) is 15.1. The Bertz CT molecular complexity index is 1400. The molecule has 2 radical (unpaired) electrons. The molecule has 0 amide bonds. The number of benzene rings is 3. The van der Waals surface area contributed by atoms with Crippen molar-refractivity contribution in [1.29, 1.82) is 0 Å². The molecule has 0 bridgehead atoms. The number of rotatable bonds is 11. The molecule has 1 saturated carbocycles. The monoisotopic (exact) mass is 638 g/mol. The number of anilines is 1. The van der Waals surface area contributed by atoms with Crippen LogP contribution in [0.1, 0.15) is 133 Å². The minimum atomic E-state index is -1.34. The molecule has 4 nitrogen and oxygen atoms in total. The first-order chi connectivity index (χ1) is 20.6. The summed E-state index contributed by atoms with van der Waals surface area (Å²) >= 11 is -1.34. The Morgan fingerprint density at radius 1 is 0.721 bits per heavy atom. The van der Waals surface area contributed by atoms with Gasteiger partial charge in [0.25, 0.3) is 0 Å². The summed E-state index contributed by atoms with van der Waals surface area (Å²) in [4.78, 5) is 17.4. The molecule has 0 heterocycles. The molecule has 226 valence electrons. The number of hydrogen-bond acceptors (Lipinski definition) is 4. The summed E-state index contributed by atoms with van der Waals surface area (Å²) in [5, 5.41) is 0. The Morgan fingerprint density at radius 3 is 1.74 bits per heavy atom. The van der Waals surface area contributed by atoms with Crippen LogP contribution in [0.15, 0.2) is 77.3 Å². The third kappa shape index (κ3) is 7.52. The maximum absolute atomic E-state index is 11.8. The number of aliphatic imine (C=N–C) groups is 1. The maximum atomic E-state index is 11.8. The molecule has 5 heteroatoms. The number of allylic oxidation sites excluding steroid dienone is 1. The second-order valence-corrected chi connectivity index (χ2v) is 14.6. The third-order valence-corrected chi connectivity index (χ3v) is 10.1. The second-order valence-electron chi connectivity index (χ2n) is 12.8. The molecule has 1 fully saturated rings. The van der Waals surface area contributed by atoms with Crippen molar-refractivity contribution in [3.63, 3.8) is 0 Å². The quantitative estimate of drug-likeness (QED) is 0.155. The Labute approximate surface area is 266 Å². The third-order valence-electron chi connectivity index (χ3n) is 8.34. The van der Waals surface area contributed by atoms with Crippen molar-refractivity contribution in [2.75, 3.05) is 3.86 Å². The molecule has 0 aromatic heterocycles. The van der Waals surface area contributed by atoms with Crippen molar-refractivity contribution in [1.82, 2.24) is 0 Å². The molecule has 0 unspecified atom stereocenters. The van der Waals surface area contributed by atoms with E-state index in [4.69, 9.17) is 8.76 Å². The fraction of sp³-hybridized carbons (Fsp3) is 0.421. The van der Waals surface area contributed by atoms with Gasteiger partial charge >= 0.3 is 268 Å². The van der Waals surface area contributed by atoms with E-state index in [1.807, 2.05) is 0 Å². The molecule has 0 atom stereocenters. The van der Waals surface area contributed by atoms with Crippen LogP contribution in [-0.4, -0.2) is 28.2 Å². The van der Waals surface area contributed by atoms with Crippen molar-refractivity contribution in [2.45, 2.75) is 105 Å². The Hall–Kier alpha value is -3.12. The number of carbonyl (C=O) groups excluding carboxylic acids is 1. The average Bonchev–Trinajstić information content (AvgIpc) is 2.99. The number of nitrogens with zero attached hydrogens (tertiary/aromatic N) is 2. The zero-order valence-corrected chi connectivity index (χ0v) is 29.4. The van der Waals surface area contributed by atoms with Crippen LogP contribution in [0.4, 0.5) is 11.4 Å². The summed E-state index contributed by atoms with van der Waals surface area (Å²) < 4.78 is 8.15. The van der Waals surface area contributed by atoms with Crippen LogP contribution in [-0.2, 0) is 8.56 Å². The van der Waals surface area contributed by atoms with E-state index in [1.165, 1.54) is 33.5 Å². The van der Waals surface area contributed by atoms with E-state index in [9.17, 15) is 4.79 Å². The van der Waals surface area contributed by atoms with Gasteiger partial charge < -0.3 is 0 Å². The Kier molecular flexibility index (Phi) is 11.5. The molecule has 0 N–H and O–H groups in total. The molecule has 0 spiro atoms. The molecule has 4 rings (SSSR count). The topological polar surface area (TPSA) is 41.9 Å². The van der Waals surface area contributed by atoms with Gasteiger partial charge in [0.15, 0.2) is 0 Å². The number of carbonyl (C=O) groups is 1. The van der Waals surface area contributed by atoms with E-state index >= 15 is 0 Å². The van der Waals surface area contributed by atoms with Crippen molar-refractivity contribution in [3.05, 3.63) is 100 Å². The van der Waals surface area contributed by atoms with Crippen molar-refractivity contribution in [2.24, 2.45) is 4.99 Å². The van der Waals surface area contributed by atoms with E-state index in [0.29, 0.717) is 30.1 Å². The van der Waals surface area contributed by atoms with Gasteiger partial charge in [-0.15, -0.1) is 0 Å². The first-order valence-electron chi connectivity index (χ1n) is 15.9. The number of hydrogen-bond donors (Lipinski definition) is 0. The van der Waals surface area contributed by atoms with Gasteiger partial charge in [-0.3, -0.25) is 0 Å². The van der Waals surface area contributed by atoms with Gasteiger partial charge in [0.1, 0.15) is 0 Å². The molecule has 1 aliphatic carbocycles. The van der Waals surface area contributed by atoms with E-state index in [-0.39, 0.29) is 0 Å². The predicted molar refractivity (Wildman–Crippen MR) is 184 cm³/mol. The van der Waals surface area contributed by atoms with E-state index < -0.39 is 16.0 Å². The van der Waals surface area contributed by atoms with Gasteiger partial charge in [0, 0.05) is 0 Å². The summed E-state index contributed by atoms with van der Waals surface area (Å²) in [6, 6.07) is 24.0. The molecule has 3 aromatic carbocycles. The van der Waals surface area contributed by atoms with Gasteiger partial charge in [0.2, 0.25) is 0 Å². The van der Waals surface area contributed by atoms with Gasteiger partial charge in [-0.1, -0.05) is 0 Å². The fourth-order valence-corrected chi connectivity index (χ4v) is 7.92. The normalized spacial score (nSPS) is 16.0. The van der Waals surface area contributed by atoms with Crippen LogP contribution < -0.4 is 3.86 Å². The Balaban J connectivity index is 2.10. The van der Waals surface area contributed by atoms with E-state index in [1.54, 1.807) is 0 Å². The van der Waals surface area contributed by atoms with Crippen LogP contribution in [0.5, 0.6) is 0 Å². The van der Waals surface area contributed by atoms with Gasteiger partial charge in [0.05, 0.1) is 0 Å². The number of para-hydroxylation sites is 2. The van der Waals surface area contributed by atoms with E-state index in [0.717, 1.165) is 48.3 Å². The molecule has 3 aromatic rings. The minimum absolute atomic E-state index is 0.312. The Morgan fingerprint density at radius 2 is 1.23 bits per heavy atom. The summed E-state index contributed by atoms with van der Waals surface area (Å²) in [6.07, 6.45) is 4.10. The van der Waals surface area contributed by atoms with Gasteiger partial charge in [-0.05, 0) is 0 Å². The molecular weight excluding hydrogens is 589 g/mol. The van der Waals surface area contributed by atoms with Crippen molar-refractivity contribution >= 4 is 45.2 Å². The standard InChI is InChI=1S/C38H48GeN2O2/c1-25(2)30-19-14-20-31(26(3)4)36(30)40-35-23-13-12-18-34(35)37(29-16-10-9-11-17-29)41(39-43-24-42)38-32(27(5)6)21-15-22-33(38)28(7)8/h9-11,14-17,19-22,24-28H,12-13,18,23H2,1-8H3/b37-34-,40-35?. The van der Waals surface area contributed by atoms with Crippen LogP contribution in [0.3, 0.4) is 0 Å². The summed E-state index contributed by atoms with van der Waals surface area (Å²) in [5.74, 6) is 1.37. The average molecular weight is 637 g/mol. The van der Waals surface area contributed by atoms with Crippen LogP contribution in [0, 0.1) is 0 Å². The molecule has 43 heavy (non-hydrogen) atoms. The van der Waals surface area contributed by atoms with Crippen LogP contribution in [0.25, 0.3) is 5.70 Å². The van der Waals surface area contributed by atoms with E-state index in [2.05, 4.69) is 126 Å². The van der Waals surface area contributed by atoms with Gasteiger partial charge in [-0.25, -0.2) is 0 Å². The van der Waals surface area contributed by atoms with Crippen molar-refractivity contribution < 1.29 is 8.56 Å². The zero-order chi connectivity index (χ0) is 31.1. The summed E-state index contributed by atoms with van der Waals surface area (Å²) in [6.45, 7) is 18.7. The molecule has 0 aliphatic heterocycles. The van der Waals surface area contributed by atoms with Crippen LogP contribution >= 0.6 is 0 Å². The van der Waals surface area contributed by atoms with Gasteiger partial charge in [-0.2, -0.15) is 0 Å². The fourth-order valence-electron chi connectivity index (χ4n) is 6.13. The zero-order valence-electron chi connectivity index (χ0n) is 27.3. The SMILES string of the molecule is CC(C)c1cccc(C(C)C)c1N=C1CCCC/C1=C(\c1ccccc1)[N]([Ge][O]C=O)c1c(C(C)C)cccc1C(C)C. The molecular formula is C38H48GeN2O2. The summed E-state index contributed by atoms with van der Waals surface area (Å²) in [7, 11) is 0. The first-order valence-corrected chi connectivity index (χ1v) is 17.7. The first kappa shape index (κ1) is 32.8. The van der Waals surface area contributed by atoms with Crippen molar-refractivity contribution in [3.8, 4) is 0 Å².